The molecular weight excluding hydrogens is 397 g/mol. The molecule has 0 spiro atoms. The van der Waals surface area contributed by atoms with Crippen LogP contribution in [0.4, 0.5) is 18.9 Å². The highest BCUT2D eigenvalue weighted by Crippen LogP contribution is 2.31. The van der Waals surface area contributed by atoms with E-state index in [1.165, 1.54) is 25.3 Å². The van der Waals surface area contributed by atoms with Gasteiger partial charge in [-0.2, -0.15) is 13.2 Å². The molecule has 2 aromatic carbocycles. The van der Waals surface area contributed by atoms with Crippen molar-refractivity contribution in [3.05, 3.63) is 59.7 Å². The van der Waals surface area contributed by atoms with E-state index in [0.717, 1.165) is 18.2 Å². The van der Waals surface area contributed by atoms with E-state index in [1.807, 2.05) is 0 Å². The Morgan fingerprint density at radius 2 is 1.82 bits per heavy atom. The van der Waals surface area contributed by atoms with Crippen molar-refractivity contribution in [3.63, 3.8) is 0 Å². The summed E-state index contributed by atoms with van der Waals surface area (Å²) in [7, 11) is -2.80. The van der Waals surface area contributed by atoms with Gasteiger partial charge < -0.3 is 10.1 Å². The lowest BCUT2D eigenvalue weighted by atomic mass is 10.1. The van der Waals surface area contributed by atoms with E-state index in [-0.39, 0.29) is 11.3 Å². The lowest BCUT2D eigenvalue weighted by Gasteiger charge is -2.14. The van der Waals surface area contributed by atoms with Gasteiger partial charge >= 0.3 is 6.18 Å². The SMILES string of the molecule is COCCCNC(=O)c1ccccc1NS(=O)(=O)c1cccc(C(F)(F)F)c1. The van der Waals surface area contributed by atoms with E-state index in [4.69, 9.17) is 4.74 Å². The molecule has 0 unspecified atom stereocenters. The highest BCUT2D eigenvalue weighted by molar-refractivity contribution is 7.92. The molecule has 28 heavy (non-hydrogen) atoms. The average Bonchev–Trinajstić information content (AvgIpc) is 2.64. The maximum Gasteiger partial charge on any atom is 0.416 e. The number of halogens is 3. The summed E-state index contributed by atoms with van der Waals surface area (Å²) in [6.45, 7) is 0.769. The first-order valence-electron chi connectivity index (χ1n) is 8.21. The molecule has 0 aliphatic heterocycles. The van der Waals surface area contributed by atoms with Crippen LogP contribution in [0.1, 0.15) is 22.3 Å². The monoisotopic (exact) mass is 416 g/mol. The van der Waals surface area contributed by atoms with Crippen LogP contribution in [0.3, 0.4) is 0 Å². The zero-order valence-electron chi connectivity index (χ0n) is 14.9. The molecule has 2 rings (SSSR count). The minimum atomic E-state index is -4.68. The summed E-state index contributed by atoms with van der Waals surface area (Å²) in [5, 5.41) is 2.63. The Morgan fingerprint density at radius 3 is 2.50 bits per heavy atom. The van der Waals surface area contributed by atoms with Crippen molar-refractivity contribution >= 4 is 21.6 Å². The van der Waals surface area contributed by atoms with Gasteiger partial charge in [-0.25, -0.2) is 8.42 Å². The number of hydrogen-bond donors (Lipinski definition) is 2. The van der Waals surface area contributed by atoms with Gasteiger partial charge in [0, 0.05) is 20.3 Å². The smallest absolute Gasteiger partial charge is 0.385 e. The second kappa shape index (κ2) is 9.07. The molecule has 152 valence electrons. The molecular formula is C18H19F3N2O4S. The summed E-state index contributed by atoms with van der Waals surface area (Å²) >= 11 is 0. The number of hydrogen-bond acceptors (Lipinski definition) is 4. The number of sulfonamides is 1. The first-order chi connectivity index (χ1) is 13.1. The van der Waals surface area contributed by atoms with Crippen LogP contribution in [0, 0.1) is 0 Å². The minimum absolute atomic E-state index is 0.0378. The van der Waals surface area contributed by atoms with Gasteiger partial charge in [0.1, 0.15) is 0 Å². The molecule has 0 bridgehead atoms. The van der Waals surface area contributed by atoms with Crippen LogP contribution in [0.2, 0.25) is 0 Å². The van der Waals surface area contributed by atoms with Crippen molar-refractivity contribution in [2.75, 3.05) is 25.0 Å². The molecule has 1 amide bonds. The Kier molecular flexibility index (Phi) is 7.03. The van der Waals surface area contributed by atoms with Gasteiger partial charge in [0.25, 0.3) is 15.9 Å². The van der Waals surface area contributed by atoms with Gasteiger partial charge in [-0.15, -0.1) is 0 Å². The third-order valence-corrected chi connectivity index (χ3v) is 5.06. The minimum Gasteiger partial charge on any atom is -0.385 e. The number of methoxy groups -OCH3 is 1. The summed E-state index contributed by atoms with van der Waals surface area (Å²) in [4.78, 5) is 11.7. The molecule has 6 nitrogen and oxygen atoms in total. The van der Waals surface area contributed by atoms with E-state index < -0.39 is 32.6 Å². The van der Waals surface area contributed by atoms with Crippen LogP contribution in [-0.2, 0) is 20.9 Å². The van der Waals surface area contributed by atoms with Gasteiger partial charge in [0.15, 0.2) is 0 Å². The number of nitrogens with one attached hydrogen (secondary N) is 2. The number of rotatable bonds is 8. The molecule has 2 N–H and O–H groups in total. The van der Waals surface area contributed by atoms with Crippen molar-refractivity contribution < 1.29 is 31.1 Å². The van der Waals surface area contributed by atoms with E-state index in [1.54, 1.807) is 6.07 Å². The Morgan fingerprint density at radius 1 is 1.11 bits per heavy atom. The highest BCUT2D eigenvalue weighted by Gasteiger charge is 2.31. The van der Waals surface area contributed by atoms with E-state index in [0.29, 0.717) is 25.6 Å². The molecule has 0 atom stereocenters. The fourth-order valence-electron chi connectivity index (χ4n) is 2.33. The van der Waals surface area contributed by atoms with Gasteiger partial charge in [-0.3, -0.25) is 9.52 Å². The predicted octanol–water partition coefficient (Wildman–Crippen LogP) is 3.27. The van der Waals surface area contributed by atoms with E-state index >= 15 is 0 Å². The Hall–Kier alpha value is -2.59. The lowest BCUT2D eigenvalue weighted by Crippen LogP contribution is -2.26. The first kappa shape index (κ1) is 21.7. The third-order valence-electron chi connectivity index (χ3n) is 3.70. The Balaban J connectivity index is 2.24. The molecule has 2 aromatic rings. The topological polar surface area (TPSA) is 84.5 Å². The molecule has 0 aromatic heterocycles. The number of para-hydroxylation sites is 1. The number of carbonyl (C=O) groups is 1. The summed E-state index contributed by atoms with van der Waals surface area (Å²) in [6.07, 6.45) is -4.11. The number of anilines is 1. The summed E-state index contributed by atoms with van der Waals surface area (Å²) in [5.74, 6) is -0.515. The molecule has 0 saturated carbocycles. The van der Waals surface area contributed by atoms with Crippen molar-refractivity contribution in [3.8, 4) is 0 Å². The largest absolute Gasteiger partial charge is 0.416 e. The van der Waals surface area contributed by atoms with Gasteiger partial charge in [-0.1, -0.05) is 18.2 Å². The lowest BCUT2D eigenvalue weighted by molar-refractivity contribution is -0.137. The summed E-state index contributed by atoms with van der Waals surface area (Å²) in [6, 6.07) is 9.19. The number of carbonyl (C=O) groups excluding carboxylic acids is 1. The van der Waals surface area contributed by atoms with Crippen LogP contribution in [0.15, 0.2) is 53.4 Å². The standard InChI is InChI=1S/C18H19F3N2O4S/c1-27-11-5-10-22-17(24)15-8-2-3-9-16(15)23-28(25,26)14-7-4-6-13(12-14)18(19,20)21/h2-4,6-9,12,23H,5,10-11H2,1H3,(H,22,24). The maximum absolute atomic E-state index is 12.8. The first-order valence-corrected chi connectivity index (χ1v) is 9.70. The van der Waals surface area contributed by atoms with Crippen LogP contribution in [0.25, 0.3) is 0 Å². The quantitative estimate of drug-likeness (QED) is 0.647. The van der Waals surface area contributed by atoms with Gasteiger partial charge in [0.2, 0.25) is 0 Å². The second-order valence-electron chi connectivity index (χ2n) is 5.78. The highest BCUT2D eigenvalue weighted by atomic mass is 32.2. The maximum atomic E-state index is 12.8. The zero-order valence-corrected chi connectivity index (χ0v) is 15.7. The predicted molar refractivity (Wildman–Crippen MR) is 97.5 cm³/mol. The van der Waals surface area contributed by atoms with E-state index in [9.17, 15) is 26.4 Å². The molecule has 0 radical (unpaired) electrons. The molecule has 0 fully saturated rings. The second-order valence-corrected chi connectivity index (χ2v) is 7.46. The van der Waals surface area contributed by atoms with Crippen molar-refractivity contribution in [1.82, 2.24) is 5.32 Å². The van der Waals surface area contributed by atoms with Gasteiger partial charge in [0.05, 0.1) is 21.7 Å². The fourth-order valence-corrected chi connectivity index (χ4v) is 3.45. The molecule has 0 saturated heterocycles. The van der Waals surface area contributed by atoms with Crippen LogP contribution < -0.4 is 10.0 Å². The Labute approximate surface area is 160 Å². The number of amides is 1. The van der Waals surface area contributed by atoms with Crippen LogP contribution in [-0.4, -0.2) is 34.6 Å². The fraction of sp³-hybridized carbons (Fsp3) is 0.278. The Bertz CT molecular complexity index is 930. The summed E-state index contributed by atoms with van der Waals surface area (Å²) in [5.41, 5.74) is -1.07. The number of benzene rings is 2. The zero-order chi connectivity index (χ0) is 20.8. The van der Waals surface area contributed by atoms with Crippen LogP contribution >= 0.6 is 0 Å². The summed E-state index contributed by atoms with van der Waals surface area (Å²) < 4.78 is 70.7. The van der Waals surface area contributed by atoms with Crippen LogP contribution in [0.5, 0.6) is 0 Å². The number of ether oxygens (including phenoxy) is 1. The molecule has 0 heterocycles. The average molecular weight is 416 g/mol. The normalized spacial score (nSPS) is 11.9. The third kappa shape index (κ3) is 5.70. The van der Waals surface area contributed by atoms with Crippen molar-refractivity contribution in [1.29, 1.82) is 0 Å². The van der Waals surface area contributed by atoms with E-state index in [2.05, 4.69) is 10.0 Å². The van der Waals surface area contributed by atoms with Crippen molar-refractivity contribution in [2.45, 2.75) is 17.5 Å². The molecule has 10 heteroatoms. The number of alkyl halides is 3. The molecule has 0 aliphatic carbocycles. The van der Waals surface area contributed by atoms with Gasteiger partial charge in [-0.05, 0) is 36.8 Å². The molecule has 0 aliphatic rings. The van der Waals surface area contributed by atoms with Crippen molar-refractivity contribution in [2.24, 2.45) is 0 Å².